The van der Waals surface area contributed by atoms with Crippen molar-refractivity contribution in [3.8, 4) is 0 Å². The fourth-order valence-corrected chi connectivity index (χ4v) is 4.35. The van der Waals surface area contributed by atoms with Gasteiger partial charge in [-0.25, -0.2) is 0 Å². The van der Waals surface area contributed by atoms with E-state index in [2.05, 4.69) is 20.8 Å². The number of ketones is 1. The Labute approximate surface area is 173 Å². The molecule has 6 heteroatoms. The van der Waals surface area contributed by atoms with Gasteiger partial charge in [0.05, 0.1) is 18.8 Å². The largest absolute Gasteiger partial charge is 0.375 e. The van der Waals surface area contributed by atoms with Crippen LogP contribution in [0.25, 0.3) is 0 Å². The lowest BCUT2D eigenvalue weighted by Gasteiger charge is -2.31. The summed E-state index contributed by atoms with van der Waals surface area (Å²) in [7, 11) is 0. The minimum atomic E-state index is -1.82. The number of halogens is 1. The number of benzene rings is 2. The fraction of sp³-hybridized carbons (Fsp3) is 0.364. The lowest BCUT2D eigenvalue weighted by molar-refractivity contribution is -0.136. The number of nitrogens with zero attached hydrogens (tertiary/aromatic N) is 2. The van der Waals surface area contributed by atoms with Crippen LogP contribution in [0, 0.1) is 0 Å². The van der Waals surface area contributed by atoms with E-state index in [0.29, 0.717) is 23.5 Å². The summed E-state index contributed by atoms with van der Waals surface area (Å²) >= 11 is 3.35. The van der Waals surface area contributed by atoms with Gasteiger partial charge in [-0.1, -0.05) is 52.7 Å². The van der Waals surface area contributed by atoms with Gasteiger partial charge in [0, 0.05) is 15.6 Å². The normalized spacial score (nSPS) is 22.4. The van der Waals surface area contributed by atoms with Crippen LogP contribution >= 0.6 is 15.9 Å². The molecule has 28 heavy (non-hydrogen) atoms. The maximum Gasteiger partial charge on any atom is 0.265 e. The zero-order chi connectivity index (χ0) is 19.7. The van der Waals surface area contributed by atoms with Gasteiger partial charge in [-0.3, -0.25) is 19.4 Å². The third kappa shape index (κ3) is 3.52. The highest BCUT2D eigenvalue weighted by molar-refractivity contribution is 9.10. The Hall–Kier alpha value is -2.02. The third-order valence-corrected chi connectivity index (χ3v) is 6.14. The molecule has 0 bridgehead atoms. The van der Waals surface area contributed by atoms with Crippen molar-refractivity contribution in [3.05, 3.63) is 64.1 Å². The second-order valence-electron chi connectivity index (χ2n) is 7.54. The quantitative estimate of drug-likeness (QED) is 0.717. The number of likely N-dealkylation sites (tertiary alicyclic amines) is 1. The van der Waals surface area contributed by atoms with Crippen molar-refractivity contribution in [2.75, 3.05) is 24.7 Å². The molecule has 0 unspecified atom stereocenters. The van der Waals surface area contributed by atoms with Crippen molar-refractivity contribution >= 4 is 33.3 Å². The van der Waals surface area contributed by atoms with Crippen LogP contribution in [0.1, 0.15) is 41.6 Å². The highest BCUT2D eigenvalue weighted by atomic mass is 79.9. The summed E-state index contributed by atoms with van der Waals surface area (Å²) < 4.78 is 0.873. The molecule has 0 aromatic heterocycles. The van der Waals surface area contributed by atoms with Crippen molar-refractivity contribution in [3.63, 3.8) is 0 Å². The molecular weight excluding hydrogens is 420 g/mol. The van der Waals surface area contributed by atoms with Crippen LogP contribution in [0.15, 0.2) is 53.0 Å². The van der Waals surface area contributed by atoms with E-state index in [-0.39, 0.29) is 12.2 Å². The number of carbonyl (C=O) groups is 2. The molecule has 1 saturated heterocycles. The summed E-state index contributed by atoms with van der Waals surface area (Å²) in [6, 6.07) is 14.2. The molecule has 1 N–H and O–H groups in total. The van der Waals surface area contributed by atoms with E-state index in [1.54, 1.807) is 41.3 Å². The van der Waals surface area contributed by atoms with Crippen LogP contribution in [0.4, 0.5) is 5.69 Å². The van der Waals surface area contributed by atoms with Crippen LogP contribution < -0.4 is 4.90 Å². The number of fused-ring (bicyclic) bond motifs is 1. The van der Waals surface area contributed by atoms with E-state index in [9.17, 15) is 14.7 Å². The van der Waals surface area contributed by atoms with E-state index in [1.165, 1.54) is 6.42 Å². The van der Waals surface area contributed by atoms with E-state index < -0.39 is 11.5 Å². The van der Waals surface area contributed by atoms with Crippen molar-refractivity contribution in [2.45, 2.75) is 31.3 Å². The number of carbonyl (C=O) groups excluding carboxylic acids is 2. The summed E-state index contributed by atoms with van der Waals surface area (Å²) in [4.78, 5) is 30.0. The first kappa shape index (κ1) is 19.3. The molecule has 146 valence electrons. The smallest absolute Gasteiger partial charge is 0.265 e. The highest BCUT2D eigenvalue weighted by Crippen LogP contribution is 2.43. The van der Waals surface area contributed by atoms with Crippen molar-refractivity contribution in [1.82, 2.24) is 4.90 Å². The zero-order valence-corrected chi connectivity index (χ0v) is 17.2. The topological polar surface area (TPSA) is 60.9 Å². The molecule has 0 aliphatic carbocycles. The Morgan fingerprint density at radius 3 is 2.43 bits per heavy atom. The first-order chi connectivity index (χ1) is 13.5. The minimum absolute atomic E-state index is 0.252. The highest BCUT2D eigenvalue weighted by Gasteiger charge is 2.51. The number of Topliss-reactive ketones (excluding diaryl/α,β-unsaturated/α-hetero) is 1. The molecule has 0 radical (unpaired) electrons. The SMILES string of the molecule is O=C(C[C@]1(O)C(=O)N(CN2CCCCC2)c2ccccc21)c1ccc(Br)cc1. The van der Waals surface area contributed by atoms with E-state index in [0.717, 1.165) is 30.4 Å². The van der Waals surface area contributed by atoms with E-state index >= 15 is 0 Å². The lowest BCUT2D eigenvalue weighted by Crippen LogP contribution is -2.47. The monoisotopic (exact) mass is 442 g/mol. The van der Waals surface area contributed by atoms with E-state index in [4.69, 9.17) is 0 Å². The zero-order valence-electron chi connectivity index (χ0n) is 15.6. The van der Waals surface area contributed by atoms with Crippen molar-refractivity contribution < 1.29 is 14.7 Å². The van der Waals surface area contributed by atoms with Gasteiger partial charge in [-0.05, 0) is 44.1 Å². The molecule has 1 atom stereocenters. The third-order valence-electron chi connectivity index (χ3n) is 5.61. The Morgan fingerprint density at radius 1 is 1.04 bits per heavy atom. The maximum absolute atomic E-state index is 13.3. The molecule has 5 nitrogen and oxygen atoms in total. The first-order valence-electron chi connectivity index (χ1n) is 9.64. The number of hydrogen-bond donors (Lipinski definition) is 1. The molecule has 2 aromatic carbocycles. The van der Waals surface area contributed by atoms with E-state index in [1.807, 2.05) is 12.1 Å². The van der Waals surface area contributed by atoms with Gasteiger partial charge >= 0.3 is 0 Å². The number of piperidine rings is 1. The van der Waals surface area contributed by atoms with Crippen molar-refractivity contribution in [1.29, 1.82) is 0 Å². The maximum atomic E-state index is 13.3. The predicted octanol–water partition coefficient (Wildman–Crippen LogP) is 3.70. The fourth-order valence-electron chi connectivity index (χ4n) is 4.09. The number of anilines is 1. The van der Waals surface area contributed by atoms with Crippen molar-refractivity contribution in [2.24, 2.45) is 0 Å². The molecule has 2 aromatic rings. The molecule has 0 spiro atoms. The van der Waals surface area contributed by atoms with Crippen LogP contribution in [0.2, 0.25) is 0 Å². The number of rotatable bonds is 5. The van der Waals surface area contributed by atoms with Gasteiger partial charge in [0.1, 0.15) is 0 Å². The van der Waals surface area contributed by atoms with Gasteiger partial charge in [-0.2, -0.15) is 0 Å². The summed E-state index contributed by atoms with van der Waals surface area (Å²) in [6.07, 6.45) is 3.19. The molecule has 0 saturated carbocycles. The number of amides is 1. The molecule has 1 fully saturated rings. The Kier molecular flexibility index (Phi) is 5.36. The Bertz CT molecular complexity index is 893. The molecule has 2 aliphatic heterocycles. The van der Waals surface area contributed by atoms with Gasteiger partial charge < -0.3 is 5.11 Å². The minimum Gasteiger partial charge on any atom is -0.375 e. The summed E-state index contributed by atoms with van der Waals surface area (Å²) in [5.41, 5.74) is -0.126. The van der Waals surface area contributed by atoms with Gasteiger partial charge in [0.15, 0.2) is 11.4 Å². The molecule has 1 amide bonds. The average molecular weight is 443 g/mol. The first-order valence-corrected chi connectivity index (χ1v) is 10.4. The van der Waals surface area contributed by atoms with Crippen LogP contribution in [0.3, 0.4) is 0 Å². The standard InChI is InChI=1S/C22H23BrN2O3/c23-17-10-8-16(9-11-17)20(26)14-22(28)18-6-2-3-7-19(18)25(21(22)27)15-24-12-4-1-5-13-24/h2-3,6-11,28H,1,4-5,12-15H2/t22-/m1/s1. The second-order valence-corrected chi connectivity index (χ2v) is 8.45. The lowest BCUT2D eigenvalue weighted by atomic mass is 9.88. The Balaban J connectivity index is 1.61. The molecule has 2 aliphatic rings. The van der Waals surface area contributed by atoms with Crippen LogP contribution in [-0.4, -0.2) is 41.5 Å². The van der Waals surface area contributed by atoms with Gasteiger partial charge in [-0.15, -0.1) is 0 Å². The molecular formula is C22H23BrN2O3. The Morgan fingerprint density at radius 2 is 1.71 bits per heavy atom. The number of aliphatic hydroxyl groups is 1. The summed E-state index contributed by atoms with van der Waals surface area (Å²) in [5, 5.41) is 11.4. The summed E-state index contributed by atoms with van der Waals surface area (Å²) in [5.74, 6) is -0.664. The predicted molar refractivity (Wildman–Crippen MR) is 111 cm³/mol. The van der Waals surface area contributed by atoms with Gasteiger partial charge in [0.2, 0.25) is 0 Å². The summed E-state index contributed by atoms with van der Waals surface area (Å²) in [6.45, 7) is 2.34. The van der Waals surface area contributed by atoms with Gasteiger partial charge in [0.25, 0.3) is 5.91 Å². The number of para-hydroxylation sites is 1. The second kappa shape index (κ2) is 7.78. The molecule has 4 rings (SSSR count). The molecule has 2 heterocycles. The van der Waals surface area contributed by atoms with Crippen LogP contribution in [-0.2, 0) is 10.4 Å². The average Bonchev–Trinajstić information content (AvgIpc) is 2.91. The number of hydrogen-bond acceptors (Lipinski definition) is 4. The van der Waals surface area contributed by atoms with Crippen LogP contribution in [0.5, 0.6) is 0 Å².